The Morgan fingerprint density at radius 2 is 2.04 bits per heavy atom. The molecular formula is C20H19N3O4. The van der Waals surface area contributed by atoms with Crippen LogP contribution in [0.1, 0.15) is 27.5 Å². The summed E-state index contributed by atoms with van der Waals surface area (Å²) in [4.78, 5) is 23.1. The Morgan fingerprint density at radius 1 is 1.19 bits per heavy atom. The molecule has 0 spiro atoms. The van der Waals surface area contributed by atoms with Gasteiger partial charge in [0.15, 0.2) is 0 Å². The molecule has 7 heteroatoms. The van der Waals surface area contributed by atoms with Crippen LogP contribution in [-0.2, 0) is 13.1 Å². The SMILES string of the molecule is COc1ccc(CN2Cc3nc(-c4ccc(C)nc4)oc3C2=O)c(OC)c1. The fourth-order valence-electron chi connectivity index (χ4n) is 3.06. The van der Waals surface area contributed by atoms with Crippen molar-refractivity contribution in [3.63, 3.8) is 0 Å². The van der Waals surface area contributed by atoms with Crippen molar-refractivity contribution in [2.24, 2.45) is 0 Å². The number of aryl methyl sites for hydroxylation is 1. The number of ether oxygens (including phenoxy) is 2. The maximum atomic E-state index is 12.7. The highest BCUT2D eigenvalue weighted by Gasteiger charge is 2.34. The average molecular weight is 365 g/mol. The number of benzene rings is 1. The molecule has 0 bridgehead atoms. The molecule has 27 heavy (non-hydrogen) atoms. The summed E-state index contributed by atoms with van der Waals surface area (Å²) in [5.41, 5.74) is 3.20. The monoisotopic (exact) mass is 365 g/mol. The molecule has 7 nitrogen and oxygen atoms in total. The van der Waals surface area contributed by atoms with Gasteiger partial charge in [-0.2, -0.15) is 0 Å². The molecule has 2 aromatic heterocycles. The Balaban J connectivity index is 1.55. The van der Waals surface area contributed by atoms with Crippen LogP contribution in [0.25, 0.3) is 11.5 Å². The predicted octanol–water partition coefficient (Wildman–Crippen LogP) is 3.22. The zero-order chi connectivity index (χ0) is 19.0. The first-order chi connectivity index (χ1) is 13.1. The summed E-state index contributed by atoms with van der Waals surface area (Å²) in [5, 5.41) is 0. The van der Waals surface area contributed by atoms with E-state index >= 15 is 0 Å². The molecule has 1 aliphatic heterocycles. The molecule has 0 aliphatic carbocycles. The maximum Gasteiger partial charge on any atom is 0.292 e. The first-order valence-electron chi connectivity index (χ1n) is 8.52. The van der Waals surface area contributed by atoms with E-state index in [0.29, 0.717) is 36.2 Å². The molecule has 0 radical (unpaired) electrons. The van der Waals surface area contributed by atoms with Crippen molar-refractivity contribution < 1.29 is 18.7 Å². The molecule has 3 heterocycles. The maximum absolute atomic E-state index is 12.7. The van der Waals surface area contributed by atoms with Gasteiger partial charge in [-0.25, -0.2) is 4.98 Å². The lowest BCUT2D eigenvalue weighted by molar-refractivity contribution is 0.0739. The van der Waals surface area contributed by atoms with Gasteiger partial charge in [-0.15, -0.1) is 0 Å². The lowest BCUT2D eigenvalue weighted by atomic mass is 10.2. The van der Waals surface area contributed by atoms with Crippen LogP contribution in [-0.4, -0.2) is 35.0 Å². The number of amides is 1. The molecule has 1 aromatic carbocycles. The fourth-order valence-corrected chi connectivity index (χ4v) is 3.06. The van der Waals surface area contributed by atoms with Crippen LogP contribution in [0, 0.1) is 6.92 Å². The summed E-state index contributed by atoms with van der Waals surface area (Å²) >= 11 is 0. The summed E-state index contributed by atoms with van der Waals surface area (Å²) in [6.45, 7) is 2.71. The van der Waals surface area contributed by atoms with Crippen molar-refractivity contribution in [3.05, 3.63) is 59.2 Å². The van der Waals surface area contributed by atoms with Crippen LogP contribution in [0.15, 0.2) is 40.9 Å². The van der Waals surface area contributed by atoms with Gasteiger partial charge in [-0.05, 0) is 31.2 Å². The van der Waals surface area contributed by atoms with Gasteiger partial charge in [0.25, 0.3) is 5.91 Å². The first kappa shape index (κ1) is 17.1. The molecular weight excluding hydrogens is 346 g/mol. The molecule has 0 unspecified atom stereocenters. The third kappa shape index (κ3) is 3.12. The zero-order valence-corrected chi connectivity index (χ0v) is 15.4. The van der Waals surface area contributed by atoms with E-state index in [9.17, 15) is 4.79 Å². The minimum atomic E-state index is -0.179. The zero-order valence-electron chi connectivity index (χ0n) is 15.4. The summed E-state index contributed by atoms with van der Waals surface area (Å²) < 4.78 is 16.4. The molecule has 1 amide bonds. The highest BCUT2D eigenvalue weighted by molar-refractivity contribution is 5.95. The van der Waals surface area contributed by atoms with E-state index in [2.05, 4.69) is 9.97 Å². The van der Waals surface area contributed by atoms with Gasteiger partial charge >= 0.3 is 0 Å². The van der Waals surface area contributed by atoms with Crippen LogP contribution >= 0.6 is 0 Å². The van der Waals surface area contributed by atoms with Crippen LogP contribution in [0.4, 0.5) is 0 Å². The van der Waals surface area contributed by atoms with Crippen LogP contribution in [0.3, 0.4) is 0 Å². The topological polar surface area (TPSA) is 77.7 Å². The number of rotatable bonds is 5. The number of hydrogen-bond donors (Lipinski definition) is 0. The number of carbonyl (C=O) groups excluding carboxylic acids is 1. The molecule has 0 saturated heterocycles. The Hall–Kier alpha value is -3.35. The molecule has 0 saturated carbocycles. The largest absolute Gasteiger partial charge is 0.497 e. The van der Waals surface area contributed by atoms with Gasteiger partial charge in [0.2, 0.25) is 11.7 Å². The highest BCUT2D eigenvalue weighted by Crippen LogP contribution is 2.32. The summed E-state index contributed by atoms with van der Waals surface area (Å²) in [5.74, 6) is 1.90. The van der Waals surface area contributed by atoms with E-state index in [4.69, 9.17) is 13.9 Å². The van der Waals surface area contributed by atoms with Crippen molar-refractivity contribution in [2.75, 3.05) is 14.2 Å². The standard InChI is InChI=1S/C20H19N3O4/c1-12-4-5-13(9-21-12)19-22-16-11-23(20(24)18(16)27-19)10-14-6-7-15(25-2)8-17(14)26-3/h4-9H,10-11H2,1-3H3. The van der Waals surface area contributed by atoms with Gasteiger partial charge in [0.1, 0.15) is 17.2 Å². The van der Waals surface area contributed by atoms with Crippen molar-refractivity contribution in [1.82, 2.24) is 14.9 Å². The number of nitrogens with zero attached hydrogens (tertiary/aromatic N) is 3. The lowest BCUT2D eigenvalue weighted by Crippen LogP contribution is -2.23. The second kappa shape index (κ2) is 6.75. The molecule has 138 valence electrons. The Labute approximate surface area is 156 Å². The van der Waals surface area contributed by atoms with Gasteiger partial charge in [-0.1, -0.05) is 0 Å². The summed E-state index contributed by atoms with van der Waals surface area (Å²) in [6.07, 6.45) is 1.70. The molecule has 0 fully saturated rings. The number of pyridine rings is 1. The second-order valence-corrected chi connectivity index (χ2v) is 6.32. The van der Waals surface area contributed by atoms with Gasteiger partial charge < -0.3 is 18.8 Å². The molecule has 0 N–H and O–H groups in total. The van der Waals surface area contributed by atoms with E-state index in [1.165, 1.54) is 0 Å². The Morgan fingerprint density at radius 3 is 2.70 bits per heavy atom. The lowest BCUT2D eigenvalue weighted by Gasteiger charge is -2.17. The van der Waals surface area contributed by atoms with Crippen LogP contribution < -0.4 is 9.47 Å². The first-order valence-corrected chi connectivity index (χ1v) is 8.52. The van der Waals surface area contributed by atoms with Crippen molar-refractivity contribution in [2.45, 2.75) is 20.0 Å². The summed E-state index contributed by atoms with van der Waals surface area (Å²) in [7, 11) is 3.20. The third-order valence-electron chi connectivity index (χ3n) is 4.53. The number of carbonyl (C=O) groups is 1. The van der Waals surface area contributed by atoms with Crippen LogP contribution in [0.5, 0.6) is 11.5 Å². The minimum Gasteiger partial charge on any atom is -0.497 e. The van der Waals surface area contributed by atoms with Gasteiger partial charge in [-0.3, -0.25) is 9.78 Å². The molecule has 4 rings (SSSR count). The number of aromatic nitrogens is 2. The number of oxazole rings is 1. The smallest absolute Gasteiger partial charge is 0.292 e. The molecule has 1 aliphatic rings. The normalized spacial score (nSPS) is 13.0. The predicted molar refractivity (Wildman–Crippen MR) is 97.6 cm³/mol. The van der Waals surface area contributed by atoms with E-state index < -0.39 is 0 Å². The van der Waals surface area contributed by atoms with Gasteiger partial charge in [0.05, 0.1) is 32.9 Å². The van der Waals surface area contributed by atoms with E-state index in [-0.39, 0.29) is 11.7 Å². The van der Waals surface area contributed by atoms with E-state index in [1.807, 2.05) is 31.2 Å². The van der Waals surface area contributed by atoms with E-state index in [0.717, 1.165) is 16.8 Å². The van der Waals surface area contributed by atoms with Crippen molar-refractivity contribution in [1.29, 1.82) is 0 Å². The minimum absolute atomic E-state index is 0.179. The fraction of sp³-hybridized carbons (Fsp3) is 0.250. The van der Waals surface area contributed by atoms with Crippen LogP contribution in [0.2, 0.25) is 0 Å². The highest BCUT2D eigenvalue weighted by atomic mass is 16.5. The average Bonchev–Trinajstić information content (AvgIpc) is 3.22. The molecule has 3 aromatic rings. The number of methoxy groups -OCH3 is 2. The number of fused-ring (bicyclic) bond motifs is 1. The van der Waals surface area contributed by atoms with E-state index in [1.54, 1.807) is 31.4 Å². The van der Waals surface area contributed by atoms with Crippen molar-refractivity contribution in [3.8, 4) is 23.0 Å². The quantitative estimate of drug-likeness (QED) is 0.691. The Kier molecular flexibility index (Phi) is 4.27. The number of hydrogen-bond acceptors (Lipinski definition) is 6. The Bertz CT molecular complexity index is 995. The van der Waals surface area contributed by atoms with Gasteiger partial charge in [0, 0.05) is 23.5 Å². The second-order valence-electron chi connectivity index (χ2n) is 6.32. The third-order valence-corrected chi connectivity index (χ3v) is 4.53. The van der Waals surface area contributed by atoms with Crippen molar-refractivity contribution >= 4 is 5.91 Å². The summed E-state index contributed by atoms with van der Waals surface area (Å²) in [6, 6.07) is 9.30. The molecule has 0 atom stereocenters.